The molecule has 0 unspecified atom stereocenters. The van der Waals surface area contributed by atoms with Gasteiger partial charge in [-0.15, -0.1) is 0 Å². The molecular formula is C83H81N5. The zero-order chi connectivity index (χ0) is 74.4. The standard InChI is InChI=1S/C83H81N5/c1-55-43-71(56-27-17-14-18-28-56)79(72(44-55)57-29-19-15-20-30-57)86-54-85(75-35-25-26-36-76(75)86)66-49-63(83(11,12)13)50-67(52-66)87(64-31-21-16-22-32-64)65-38-39-70-68-33-23-24-34-69(68)73-47-58(59-45-61(81(5,6)7)48-62(46-59)82(8,9)10)37-40-74(73)88(77(70)53-65)78-51-60(41-42-84-78)80(2,3)4/h14-53H,54H2,1-13H3/i1D3,14D,15D,17D,18D,19D,20D,27D,28D,29D,30D,43D,44D. The summed E-state index contributed by atoms with van der Waals surface area (Å²) < 4.78 is 137. The highest BCUT2D eigenvalue weighted by Gasteiger charge is 2.35. The lowest BCUT2D eigenvalue weighted by molar-refractivity contribution is 0.569. The summed E-state index contributed by atoms with van der Waals surface area (Å²) in [5, 5.41) is 0. The number of nitrogens with zero attached hydrogens (tertiary/aromatic N) is 5. The molecule has 0 atom stereocenters. The van der Waals surface area contributed by atoms with Gasteiger partial charge in [0.1, 0.15) is 12.5 Å². The summed E-state index contributed by atoms with van der Waals surface area (Å²) in [6, 6.07) is 47.2. The maximum absolute atomic E-state index is 9.95. The van der Waals surface area contributed by atoms with Crippen molar-refractivity contribution in [1.82, 2.24) is 4.98 Å². The van der Waals surface area contributed by atoms with Crippen LogP contribution in [0.1, 0.15) is 131 Å². The highest BCUT2D eigenvalue weighted by molar-refractivity contribution is 6.05. The minimum atomic E-state index is -3.29. The van der Waals surface area contributed by atoms with Crippen LogP contribution in [0, 0.1) is 6.85 Å². The Morgan fingerprint density at radius 2 is 0.966 bits per heavy atom. The van der Waals surface area contributed by atoms with E-state index in [1.807, 2.05) is 41.4 Å². The van der Waals surface area contributed by atoms with Crippen LogP contribution in [0.2, 0.25) is 0 Å². The third-order valence-corrected chi connectivity index (χ3v) is 16.9. The first-order valence-corrected chi connectivity index (χ1v) is 30.1. The smallest absolute Gasteiger partial charge is 0.137 e. The summed E-state index contributed by atoms with van der Waals surface area (Å²) in [5.41, 5.74) is 12.1. The monoisotopic (exact) mass is 1160 g/mol. The zero-order valence-electron chi connectivity index (χ0n) is 67.1. The Balaban J connectivity index is 1.06. The lowest BCUT2D eigenvalue weighted by Gasteiger charge is -2.33. The summed E-state index contributed by atoms with van der Waals surface area (Å²) in [6.45, 7) is 23.0. The second kappa shape index (κ2) is 22.1. The second-order valence-corrected chi connectivity index (χ2v) is 27.1. The van der Waals surface area contributed by atoms with Crippen molar-refractivity contribution in [3.05, 3.63) is 270 Å². The summed E-state index contributed by atoms with van der Waals surface area (Å²) in [6.07, 6.45) is 1.89. The lowest BCUT2D eigenvalue weighted by Crippen LogP contribution is -2.26. The van der Waals surface area contributed by atoms with Crippen LogP contribution in [0.15, 0.2) is 242 Å². The molecule has 0 fully saturated rings. The van der Waals surface area contributed by atoms with E-state index in [0.717, 1.165) is 78.8 Å². The fourth-order valence-corrected chi connectivity index (χ4v) is 12.1. The maximum atomic E-state index is 9.95. The van der Waals surface area contributed by atoms with Gasteiger partial charge in [-0.3, -0.25) is 4.90 Å². The number of rotatable bonds is 9. The number of hydrogen-bond donors (Lipinski definition) is 0. The van der Waals surface area contributed by atoms with Crippen LogP contribution in [0.25, 0.3) is 55.6 Å². The van der Waals surface area contributed by atoms with Crippen LogP contribution in [-0.4, -0.2) is 11.7 Å². The molecule has 0 N–H and O–H groups in total. The average Bonchev–Trinajstić information content (AvgIpc) is 1.70. The lowest BCUT2D eigenvalue weighted by atomic mass is 9.78. The molecule has 5 heteroatoms. The highest BCUT2D eigenvalue weighted by atomic mass is 15.4. The Bertz CT molecular complexity index is 5100. The first-order chi connectivity index (χ1) is 48.3. The molecule has 13 rings (SSSR count). The molecule has 10 aromatic carbocycles. The van der Waals surface area contributed by atoms with Crippen molar-refractivity contribution in [2.45, 2.75) is 112 Å². The molecule has 0 saturated heterocycles. The molecule has 2 aliphatic heterocycles. The predicted octanol–water partition coefficient (Wildman–Crippen LogP) is 23.4. The van der Waals surface area contributed by atoms with Crippen LogP contribution in [-0.2, 0) is 21.7 Å². The molecule has 0 amide bonds. The minimum absolute atomic E-state index is 0.112. The average molecular weight is 1160 g/mol. The molecule has 3 heterocycles. The molecule has 0 saturated carbocycles. The normalized spacial score (nSPS) is 15.7. The molecule has 438 valence electrons. The summed E-state index contributed by atoms with van der Waals surface area (Å²) in [7, 11) is 0. The summed E-state index contributed by atoms with van der Waals surface area (Å²) >= 11 is 0. The third-order valence-electron chi connectivity index (χ3n) is 16.9. The molecule has 1 aromatic heterocycles. The fourth-order valence-electron chi connectivity index (χ4n) is 12.1. The van der Waals surface area contributed by atoms with Gasteiger partial charge in [0.05, 0.1) is 44.9 Å². The minimum Gasteiger partial charge on any atom is -0.321 e. The van der Waals surface area contributed by atoms with Crippen LogP contribution in [0.3, 0.4) is 0 Å². The molecular weight excluding hydrogens is 1070 g/mol. The van der Waals surface area contributed by atoms with Gasteiger partial charge in [0.25, 0.3) is 0 Å². The van der Waals surface area contributed by atoms with Crippen molar-refractivity contribution >= 4 is 57.0 Å². The number of fused-ring (bicyclic) bond motifs is 6. The Morgan fingerprint density at radius 3 is 1.57 bits per heavy atom. The Labute approximate surface area is 544 Å². The van der Waals surface area contributed by atoms with Gasteiger partial charge < -0.3 is 14.7 Å². The van der Waals surface area contributed by atoms with Gasteiger partial charge in [0, 0.05) is 55.3 Å². The third kappa shape index (κ3) is 10.9. The quantitative estimate of drug-likeness (QED) is 0.143. The van der Waals surface area contributed by atoms with Crippen molar-refractivity contribution in [2.75, 3.05) is 26.3 Å². The molecule has 88 heavy (non-hydrogen) atoms. The van der Waals surface area contributed by atoms with E-state index in [1.165, 1.54) is 11.1 Å². The largest absolute Gasteiger partial charge is 0.321 e. The number of hydrogen-bond acceptors (Lipinski definition) is 5. The summed E-state index contributed by atoms with van der Waals surface area (Å²) in [5.74, 6) is 0.727. The molecule has 5 nitrogen and oxygen atoms in total. The van der Waals surface area contributed by atoms with Gasteiger partial charge in [-0.05, 0) is 181 Å². The van der Waals surface area contributed by atoms with E-state index >= 15 is 0 Å². The van der Waals surface area contributed by atoms with Crippen LogP contribution >= 0.6 is 0 Å². The van der Waals surface area contributed by atoms with Crippen LogP contribution < -0.4 is 19.6 Å². The molecule has 2 aliphatic rings. The topological polar surface area (TPSA) is 25.9 Å². The first kappa shape index (κ1) is 42.4. The number of pyridine rings is 1. The Kier molecular flexibility index (Phi) is 10.6. The molecule has 0 bridgehead atoms. The van der Waals surface area contributed by atoms with E-state index < -0.39 is 113 Å². The van der Waals surface area contributed by atoms with Gasteiger partial charge in [-0.1, -0.05) is 228 Å². The van der Waals surface area contributed by atoms with Gasteiger partial charge in [-0.25, -0.2) is 4.98 Å². The van der Waals surface area contributed by atoms with Crippen molar-refractivity contribution in [1.29, 1.82) is 0 Å². The first-order valence-electron chi connectivity index (χ1n) is 37.6. The van der Waals surface area contributed by atoms with E-state index in [9.17, 15) is 8.22 Å². The molecule has 11 aromatic rings. The van der Waals surface area contributed by atoms with E-state index in [-0.39, 0.29) is 28.6 Å². The fraction of sp³-hybridized carbons (Fsp3) is 0.217. The van der Waals surface area contributed by atoms with Gasteiger partial charge in [0.2, 0.25) is 0 Å². The van der Waals surface area contributed by atoms with Crippen LogP contribution in [0.4, 0.5) is 57.0 Å². The number of benzene rings is 10. The number of anilines is 10. The number of aromatic nitrogens is 1. The van der Waals surface area contributed by atoms with E-state index in [1.54, 1.807) is 17.0 Å². The van der Waals surface area contributed by atoms with Crippen molar-refractivity contribution in [3.63, 3.8) is 0 Å². The van der Waals surface area contributed by atoms with E-state index in [4.69, 9.17) is 17.3 Å². The van der Waals surface area contributed by atoms with Gasteiger partial charge in [0.15, 0.2) is 0 Å². The van der Waals surface area contributed by atoms with Crippen molar-refractivity contribution in [2.24, 2.45) is 0 Å². The highest BCUT2D eigenvalue weighted by Crippen LogP contribution is 2.55. The zero-order valence-corrected chi connectivity index (χ0v) is 52.1. The predicted molar refractivity (Wildman–Crippen MR) is 376 cm³/mol. The molecule has 0 radical (unpaired) electrons. The molecule has 0 aliphatic carbocycles. The molecule has 0 spiro atoms. The van der Waals surface area contributed by atoms with Gasteiger partial charge >= 0.3 is 0 Å². The van der Waals surface area contributed by atoms with E-state index in [2.05, 4.69) is 214 Å². The maximum Gasteiger partial charge on any atom is 0.137 e. The van der Waals surface area contributed by atoms with E-state index in [0.29, 0.717) is 17.1 Å². The van der Waals surface area contributed by atoms with Crippen molar-refractivity contribution < 1.29 is 20.6 Å². The Hall–Kier alpha value is -9.45. The Morgan fingerprint density at radius 1 is 0.398 bits per heavy atom. The van der Waals surface area contributed by atoms with Gasteiger partial charge in [-0.2, -0.15) is 0 Å². The second-order valence-electron chi connectivity index (χ2n) is 27.1. The number of para-hydroxylation sites is 3. The SMILES string of the molecule is [2H]c1c([2H])c([2H])c(-c2c([2H])c(C([2H])([2H])[2H])c([2H])c(-c3c([2H])c([2H])c([2H])c([2H])c3[2H])c2N2CN(c3cc(N(c4ccccc4)c4ccc5c(c4)N(c4cc(C(C)(C)C)ccn4)c4ccc(-c6cc(C(C)(C)C)cc(C(C)(C)C)c6)cc4-c4ccccc4-5)cc(C(C)(C)C)c3)c3ccccc32)c([2H])c1[2H]. The summed E-state index contributed by atoms with van der Waals surface area (Å²) in [4.78, 5) is 13.4. The van der Waals surface area contributed by atoms with Crippen molar-refractivity contribution in [3.8, 4) is 55.6 Å². The van der Waals surface area contributed by atoms with Crippen LogP contribution in [0.5, 0.6) is 0 Å².